The van der Waals surface area contributed by atoms with E-state index in [2.05, 4.69) is 50.1 Å². The molecule has 1 aromatic heterocycles. The zero-order valence-electron chi connectivity index (χ0n) is 23.8. The van der Waals surface area contributed by atoms with Crippen LogP contribution in [0.2, 0.25) is 0 Å². The summed E-state index contributed by atoms with van der Waals surface area (Å²) < 4.78 is 25.8. The smallest absolute Gasteiger partial charge is 0.347 e. The molecule has 0 N–H and O–H groups in total. The quantitative estimate of drug-likeness (QED) is 0.138. The minimum atomic E-state index is -0.847. The maximum Gasteiger partial charge on any atom is 0.347 e. The van der Waals surface area contributed by atoms with Gasteiger partial charge in [-0.15, -0.1) is 11.3 Å². The molecule has 222 valence electrons. The summed E-state index contributed by atoms with van der Waals surface area (Å²) in [5.74, 6) is 0.227. The van der Waals surface area contributed by atoms with Crippen molar-refractivity contribution in [2.75, 3.05) is 20.8 Å². The molecule has 0 fully saturated rings. The fourth-order valence-corrected chi connectivity index (χ4v) is 7.93. The van der Waals surface area contributed by atoms with Crippen molar-refractivity contribution in [2.24, 2.45) is 0 Å². The van der Waals surface area contributed by atoms with E-state index in [-0.39, 0.29) is 6.61 Å². The average Bonchev–Trinajstić information content (AvgIpc) is 3.43. The van der Waals surface area contributed by atoms with Gasteiger partial charge in [0.25, 0.3) is 0 Å². The van der Waals surface area contributed by atoms with Gasteiger partial charge in [-0.1, -0.05) is 72.8 Å². The number of esters is 2. The largest absolute Gasteiger partial charge is 0.480 e. The number of methoxy groups -OCH3 is 2. The van der Waals surface area contributed by atoms with Crippen LogP contribution < -0.4 is 9.47 Å². The summed E-state index contributed by atoms with van der Waals surface area (Å²) in [6, 6.07) is 29.9. The number of hydrogen-bond donors (Lipinski definition) is 0. The lowest BCUT2D eigenvalue weighted by Gasteiger charge is -2.20. The normalized spacial score (nSPS) is 11.9. The number of benzene rings is 5. The first-order chi connectivity index (χ1) is 21.4. The summed E-state index contributed by atoms with van der Waals surface area (Å²) in [5, 5.41) is 3.95. The molecule has 0 bridgehead atoms. The van der Waals surface area contributed by atoms with Crippen LogP contribution in [0, 0.1) is 0 Å². The van der Waals surface area contributed by atoms with E-state index in [1.807, 2.05) is 72.8 Å². The van der Waals surface area contributed by atoms with Crippen molar-refractivity contribution in [3.63, 3.8) is 0 Å². The molecule has 5 aromatic carbocycles. The van der Waals surface area contributed by atoms with E-state index in [1.54, 1.807) is 11.3 Å². The van der Waals surface area contributed by atoms with Crippen LogP contribution in [0.15, 0.2) is 99.9 Å². The van der Waals surface area contributed by atoms with Crippen molar-refractivity contribution < 1.29 is 28.5 Å². The SMILES string of the molecule is COC(=O)COc1c2ccccc2c(-c2cc(Br)c(OC(Cc3ccccc3)C(=O)OC)c(Br)c2)c2c1sc1ccccc12. The highest BCUT2D eigenvalue weighted by Gasteiger charge is 2.26. The molecular weight excluding hydrogens is 708 g/mol. The monoisotopic (exact) mass is 732 g/mol. The molecule has 0 aliphatic rings. The van der Waals surface area contributed by atoms with Crippen LogP contribution >= 0.6 is 43.2 Å². The number of carbonyl (C=O) groups excluding carboxylic acids is 2. The Labute approximate surface area is 274 Å². The summed E-state index contributed by atoms with van der Waals surface area (Å²) in [6.07, 6.45) is -0.492. The van der Waals surface area contributed by atoms with Gasteiger partial charge in [0.1, 0.15) is 11.5 Å². The first-order valence-electron chi connectivity index (χ1n) is 13.7. The molecule has 0 aliphatic heterocycles. The number of carbonyl (C=O) groups is 2. The van der Waals surface area contributed by atoms with Gasteiger partial charge >= 0.3 is 11.9 Å². The van der Waals surface area contributed by atoms with Gasteiger partial charge < -0.3 is 18.9 Å². The second-order valence-corrected chi connectivity index (χ2v) is 12.8. The highest BCUT2D eigenvalue weighted by atomic mass is 79.9. The molecule has 1 heterocycles. The number of ether oxygens (including phenoxy) is 4. The molecule has 0 saturated heterocycles. The third kappa shape index (κ3) is 5.79. The number of halogens is 2. The summed E-state index contributed by atoms with van der Waals surface area (Å²) >= 11 is 9.08. The summed E-state index contributed by atoms with van der Waals surface area (Å²) in [4.78, 5) is 24.8. The summed E-state index contributed by atoms with van der Waals surface area (Å²) in [6.45, 7) is -0.198. The fourth-order valence-electron chi connectivity index (χ4n) is 5.33. The Bertz CT molecular complexity index is 2000. The van der Waals surface area contributed by atoms with Gasteiger partial charge in [-0.25, -0.2) is 9.59 Å². The maximum absolute atomic E-state index is 12.7. The highest BCUT2D eigenvalue weighted by Crippen LogP contribution is 2.51. The first kappa shape index (κ1) is 30.1. The molecule has 1 atom stereocenters. The Morgan fingerprint density at radius 2 is 1.41 bits per heavy atom. The van der Waals surface area contributed by atoms with Gasteiger partial charge in [0.05, 0.1) is 27.9 Å². The van der Waals surface area contributed by atoms with Crippen LogP contribution in [-0.4, -0.2) is 38.9 Å². The van der Waals surface area contributed by atoms with Crippen LogP contribution in [0.1, 0.15) is 5.56 Å². The molecule has 0 amide bonds. The predicted molar refractivity (Wildman–Crippen MR) is 182 cm³/mol. The lowest BCUT2D eigenvalue weighted by Crippen LogP contribution is -2.31. The Morgan fingerprint density at radius 1 is 0.773 bits per heavy atom. The second kappa shape index (κ2) is 13.0. The topological polar surface area (TPSA) is 71.1 Å². The van der Waals surface area contributed by atoms with Crippen LogP contribution in [0.4, 0.5) is 0 Å². The van der Waals surface area contributed by atoms with Crippen molar-refractivity contribution in [2.45, 2.75) is 12.5 Å². The lowest BCUT2D eigenvalue weighted by atomic mass is 9.92. The predicted octanol–water partition coefficient (Wildman–Crippen LogP) is 9.11. The summed E-state index contributed by atoms with van der Waals surface area (Å²) in [7, 11) is 2.71. The standard InChI is InChI=1S/C35H26Br2O6S/c1-40-29(38)19-42-32-23-13-7-6-12-22(23)30(31-24-14-8-9-15-28(24)44-34(31)32)21-17-25(36)33(26(37)18-21)43-27(35(39)41-2)16-20-10-4-3-5-11-20/h3-15,17-18,27H,16,19H2,1-2H3. The molecule has 0 saturated carbocycles. The molecule has 6 rings (SSSR count). The zero-order chi connectivity index (χ0) is 30.8. The van der Waals surface area contributed by atoms with Gasteiger partial charge in [0.15, 0.2) is 12.7 Å². The van der Waals surface area contributed by atoms with E-state index in [0.717, 1.165) is 47.6 Å². The average molecular weight is 734 g/mol. The zero-order valence-corrected chi connectivity index (χ0v) is 27.8. The Balaban J connectivity index is 1.52. The third-order valence-electron chi connectivity index (χ3n) is 7.33. The summed E-state index contributed by atoms with van der Waals surface area (Å²) in [5.41, 5.74) is 2.90. The maximum atomic E-state index is 12.7. The van der Waals surface area contributed by atoms with Gasteiger partial charge in [0, 0.05) is 27.3 Å². The van der Waals surface area contributed by atoms with Gasteiger partial charge in [-0.05, 0) is 72.1 Å². The highest BCUT2D eigenvalue weighted by molar-refractivity contribution is 9.11. The van der Waals surface area contributed by atoms with E-state index in [1.165, 1.54) is 14.2 Å². The first-order valence-corrected chi connectivity index (χ1v) is 16.1. The lowest BCUT2D eigenvalue weighted by molar-refractivity contribution is -0.148. The molecule has 0 spiro atoms. The van der Waals surface area contributed by atoms with E-state index in [0.29, 0.717) is 26.9 Å². The number of thiophene rings is 1. The van der Waals surface area contributed by atoms with Crippen LogP contribution in [0.5, 0.6) is 11.5 Å². The molecular formula is C35H26Br2O6S. The molecule has 6 nitrogen and oxygen atoms in total. The van der Waals surface area contributed by atoms with Crippen molar-refractivity contribution in [3.8, 4) is 22.6 Å². The Hall–Kier alpha value is -3.92. The second-order valence-electron chi connectivity index (χ2n) is 10.0. The van der Waals surface area contributed by atoms with Crippen LogP contribution in [-0.2, 0) is 25.5 Å². The molecule has 1 unspecified atom stereocenters. The van der Waals surface area contributed by atoms with Crippen molar-refractivity contribution >= 4 is 86.1 Å². The van der Waals surface area contributed by atoms with Crippen molar-refractivity contribution in [1.82, 2.24) is 0 Å². The molecule has 6 aromatic rings. The van der Waals surface area contributed by atoms with Crippen molar-refractivity contribution in [3.05, 3.63) is 106 Å². The Morgan fingerprint density at radius 3 is 2.09 bits per heavy atom. The molecule has 0 aliphatic carbocycles. The van der Waals surface area contributed by atoms with Crippen LogP contribution in [0.25, 0.3) is 42.1 Å². The molecule has 44 heavy (non-hydrogen) atoms. The van der Waals surface area contributed by atoms with Gasteiger partial charge in [-0.3, -0.25) is 0 Å². The minimum Gasteiger partial charge on any atom is -0.480 e. The number of fused-ring (bicyclic) bond motifs is 4. The van der Waals surface area contributed by atoms with E-state index >= 15 is 0 Å². The Kier molecular flexibility index (Phi) is 8.88. The van der Waals surface area contributed by atoms with E-state index < -0.39 is 18.0 Å². The number of rotatable bonds is 9. The molecule has 9 heteroatoms. The molecule has 0 radical (unpaired) electrons. The minimum absolute atomic E-state index is 0.198. The third-order valence-corrected chi connectivity index (χ3v) is 9.68. The fraction of sp³-hybridized carbons (Fsp3) is 0.143. The van der Waals surface area contributed by atoms with Crippen molar-refractivity contribution in [1.29, 1.82) is 0 Å². The number of hydrogen-bond acceptors (Lipinski definition) is 7. The van der Waals surface area contributed by atoms with Crippen LogP contribution in [0.3, 0.4) is 0 Å². The van der Waals surface area contributed by atoms with Gasteiger partial charge in [-0.2, -0.15) is 0 Å². The van der Waals surface area contributed by atoms with Gasteiger partial charge in [0.2, 0.25) is 0 Å². The van der Waals surface area contributed by atoms with E-state index in [4.69, 9.17) is 18.9 Å². The van der Waals surface area contributed by atoms with E-state index in [9.17, 15) is 9.59 Å².